The normalized spacial score (nSPS) is 12.6. The van der Waals surface area contributed by atoms with Crippen molar-refractivity contribution < 1.29 is 9.13 Å². The van der Waals surface area contributed by atoms with Crippen LogP contribution < -0.4 is 15.4 Å². The maximum Gasteiger partial charge on any atom is 0.167 e. The Balaban J connectivity index is 3.06. The van der Waals surface area contributed by atoms with Gasteiger partial charge >= 0.3 is 0 Å². The van der Waals surface area contributed by atoms with Crippen molar-refractivity contribution in [3.05, 3.63) is 17.9 Å². The average molecular weight is 268 g/mol. The van der Waals surface area contributed by atoms with Gasteiger partial charge in [-0.1, -0.05) is 13.3 Å². The van der Waals surface area contributed by atoms with Crippen molar-refractivity contribution in [2.45, 2.75) is 52.7 Å². The first-order chi connectivity index (χ1) is 8.86. The van der Waals surface area contributed by atoms with E-state index >= 15 is 0 Å². The SMILES string of the molecule is CCCC(C)N(C)c1cc(OC(C)C)c(F)cc1N. The zero-order valence-electron chi connectivity index (χ0n) is 12.5. The number of nitrogens with two attached hydrogens (primary N) is 1. The van der Waals surface area contributed by atoms with E-state index in [-0.39, 0.29) is 11.9 Å². The van der Waals surface area contributed by atoms with Gasteiger partial charge in [0.2, 0.25) is 0 Å². The van der Waals surface area contributed by atoms with Crippen LogP contribution in [0.2, 0.25) is 0 Å². The van der Waals surface area contributed by atoms with Crippen molar-refractivity contribution in [3.8, 4) is 5.75 Å². The molecule has 0 spiro atoms. The molecule has 4 heteroatoms. The first-order valence-electron chi connectivity index (χ1n) is 6.85. The van der Waals surface area contributed by atoms with Crippen LogP contribution in [0, 0.1) is 5.82 Å². The molecule has 0 saturated carbocycles. The Bertz CT molecular complexity index is 421. The van der Waals surface area contributed by atoms with E-state index in [0.29, 0.717) is 11.7 Å². The van der Waals surface area contributed by atoms with E-state index in [1.165, 1.54) is 6.07 Å². The number of nitrogens with zero attached hydrogens (tertiary/aromatic N) is 1. The van der Waals surface area contributed by atoms with Crippen molar-refractivity contribution in [1.82, 2.24) is 0 Å². The van der Waals surface area contributed by atoms with E-state index in [1.54, 1.807) is 6.07 Å². The largest absolute Gasteiger partial charge is 0.488 e. The van der Waals surface area contributed by atoms with Gasteiger partial charge in [0.1, 0.15) is 0 Å². The predicted molar refractivity (Wildman–Crippen MR) is 79.3 cm³/mol. The van der Waals surface area contributed by atoms with Crippen LogP contribution in [0.4, 0.5) is 15.8 Å². The van der Waals surface area contributed by atoms with Crippen molar-refractivity contribution in [2.24, 2.45) is 0 Å². The zero-order valence-corrected chi connectivity index (χ0v) is 12.5. The van der Waals surface area contributed by atoms with Gasteiger partial charge < -0.3 is 15.4 Å². The molecule has 0 aromatic heterocycles. The summed E-state index contributed by atoms with van der Waals surface area (Å²) in [6.45, 7) is 8.03. The fourth-order valence-corrected chi connectivity index (χ4v) is 2.06. The highest BCUT2D eigenvalue weighted by Crippen LogP contribution is 2.32. The lowest BCUT2D eigenvalue weighted by Crippen LogP contribution is -2.29. The Morgan fingerprint density at radius 2 is 1.95 bits per heavy atom. The van der Waals surface area contributed by atoms with E-state index in [1.807, 2.05) is 20.9 Å². The summed E-state index contributed by atoms with van der Waals surface area (Å²) >= 11 is 0. The Hall–Kier alpha value is -1.45. The van der Waals surface area contributed by atoms with Gasteiger partial charge in [0, 0.05) is 25.2 Å². The molecule has 1 atom stereocenters. The van der Waals surface area contributed by atoms with Crippen LogP contribution in [0.5, 0.6) is 5.75 Å². The monoisotopic (exact) mass is 268 g/mol. The van der Waals surface area contributed by atoms with Gasteiger partial charge in [-0.3, -0.25) is 0 Å². The van der Waals surface area contributed by atoms with Crippen LogP contribution in [-0.2, 0) is 0 Å². The lowest BCUT2D eigenvalue weighted by molar-refractivity contribution is 0.231. The Morgan fingerprint density at radius 1 is 1.32 bits per heavy atom. The van der Waals surface area contributed by atoms with E-state index in [4.69, 9.17) is 10.5 Å². The van der Waals surface area contributed by atoms with Gasteiger partial charge in [-0.2, -0.15) is 0 Å². The minimum absolute atomic E-state index is 0.0654. The Labute approximate surface area is 115 Å². The number of rotatable bonds is 6. The smallest absolute Gasteiger partial charge is 0.167 e. The molecule has 108 valence electrons. The molecular formula is C15H25FN2O. The highest BCUT2D eigenvalue weighted by atomic mass is 19.1. The summed E-state index contributed by atoms with van der Waals surface area (Å²) in [6.07, 6.45) is 2.10. The maximum absolute atomic E-state index is 13.8. The molecule has 0 radical (unpaired) electrons. The van der Waals surface area contributed by atoms with Gasteiger partial charge in [0.25, 0.3) is 0 Å². The molecule has 19 heavy (non-hydrogen) atoms. The Kier molecular flexibility index (Phi) is 5.45. The third kappa shape index (κ3) is 4.01. The fraction of sp³-hybridized carbons (Fsp3) is 0.600. The molecule has 2 N–H and O–H groups in total. The van der Waals surface area contributed by atoms with Crippen LogP contribution >= 0.6 is 0 Å². The number of halogens is 1. The van der Waals surface area contributed by atoms with E-state index in [0.717, 1.165) is 18.5 Å². The van der Waals surface area contributed by atoms with Crippen LogP contribution in [0.25, 0.3) is 0 Å². The predicted octanol–water partition coefficient (Wildman–Crippen LogP) is 3.82. The first-order valence-corrected chi connectivity index (χ1v) is 6.85. The van der Waals surface area contributed by atoms with E-state index < -0.39 is 5.82 Å². The number of hydrogen-bond donors (Lipinski definition) is 1. The number of benzene rings is 1. The van der Waals surface area contributed by atoms with Crippen LogP contribution in [0.3, 0.4) is 0 Å². The quantitative estimate of drug-likeness (QED) is 0.797. The molecule has 1 aromatic carbocycles. The van der Waals surface area contributed by atoms with Gasteiger partial charge in [-0.25, -0.2) is 4.39 Å². The number of hydrogen-bond acceptors (Lipinski definition) is 3. The molecule has 0 fully saturated rings. The molecule has 0 aliphatic rings. The summed E-state index contributed by atoms with van der Waals surface area (Å²) in [5.41, 5.74) is 7.18. The molecule has 0 bridgehead atoms. The second-order valence-corrected chi connectivity index (χ2v) is 5.26. The highest BCUT2D eigenvalue weighted by Gasteiger charge is 2.16. The van der Waals surface area contributed by atoms with Gasteiger partial charge in [-0.05, 0) is 27.2 Å². The summed E-state index contributed by atoms with van der Waals surface area (Å²) in [5.74, 6) is -0.152. The third-order valence-corrected chi connectivity index (χ3v) is 3.19. The molecule has 0 amide bonds. The van der Waals surface area contributed by atoms with Crippen molar-refractivity contribution in [1.29, 1.82) is 0 Å². The first kappa shape index (κ1) is 15.6. The molecule has 3 nitrogen and oxygen atoms in total. The van der Waals surface area contributed by atoms with Crippen molar-refractivity contribution in [2.75, 3.05) is 17.7 Å². The summed E-state index contributed by atoms with van der Waals surface area (Å²) in [4.78, 5) is 2.07. The summed E-state index contributed by atoms with van der Waals surface area (Å²) in [6, 6.07) is 3.38. The topological polar surface area (TPSA) is 38.5 Å². The van der Waals surface area contributed by atoms with Gasteiger partial charge in [0.15, 0.2) is 11.6 Å². The molecule has 1 rings (SSSR count). The number of ether oxygens (including phenoxy) is 1. The minimum Gasteiger partial charge on any atom is -0.488 e. The number of anilines is 2. The molecule has 1 unspecified atom stereocenters. The fourth-order valence-electron chi connectivity index (χ4n) is 2.06. The molecular weight excluding hydrogens is 243 g/mol. The van der Waals surface area contributed by atoms with Crippen LogP contribution in [-0.4, -0.2) is 19.2 Å². The summed E-state index contributed by atoms with van der Waals surface area (Å²) < 4.78 is 19.3. The van der Waals surface area contributed by atoms with Crippen molar-refractivity contribution >= 4 is 11.4 Å². The second kappa shape index (κ2) is 6.64. The zero-order chi connectivity index (χ0) is 14.6. The lowest BCUT2D eigenvalue weighted by Gasteiger charge is -2.28. The van der Waals surface area contributed by atoms with E-state index in [2.05, 4.69) is 18.7 Å². The lowest BCUT2D eigenvalue weighted by atomic mass is 10.1. The third-order valence-electron chi connectivity index (χ3n) is 3.19. The highest BCUT2D eigenvalue weighted by molar-refractivity contribution is 5.70. The molecule has 0 aliphatic carbocycles. The van der Waals surface area contributed by atoms with Gasteiger partial charge in [0.05, 0.1) is 17.5 Å². The molecule has 0 saturated heterocycles. The van der Waals surface area contributed by atoms with Crippen molar-refractivity contribution in [3.63, 3.8) is 0 Å². The standard InChI is InChI=1S/C15H25FN2O/c1-6-7-11(4)18(5)14-9-15(19-10(2)3)12(16)8-13(14)17/h8-11H,6-7,17H2,1-5H3. The van der Waals surface area contributed by atoms with Gasteiger partial charge in [-0.15, -0.1) is 0 Å². The second-order valence-electron chi connectivity index (χ2n) is 5.26. The average Bonchev–Trinajstić information content (AvgIpc) is 2.31. The van der Waals surface area contributed by atoms with Crippen LogP contribution in [0.1, 0.15) is 40.5 Å². The molecule has 0 heterocycles. The summed E-state index contributed by atoms with van der Waals surface area (Å²) in [7, 11) is 1.98. The molecule has 1 aromatic rings. The Morgan fingerprint density at radius 3 is 2.47 bits per heavy atom. The summed E-state index contributed by atoms with van der Waals surface area (Å²) in [5, 5.41) is 0. The number of nitrogen functional groups attached to an aromatic ring is 1. The molecule has 0 aliphatic heterocycles. The minimum atomic E-state index is -0.411. The van der Waals surface area contributed by atoms with Crippen LogP contribution in [0.15, 0.2) is 12.1 Å². The maximum atomic E-state index is 13.8. The van der Waals surface area contributed by atoms with E-state index in [9.17, 15) is 4.39 Å².